The van der Waals surface area contributed by atoms with Crippen molar-refractivity contribution in [2.75, 3.05) is 6.61 Å². The fourth-order valence-electron chi connectivity index (χ4n) is 1.23. The van der Waals surface area contributed by atoms with Gasteiger partial charge in [-0.25, -0.2) is 4.57 Å². The molecule has 1 aliphatic heterocycles. The van der Waals surface area contributed by atoms with E-state index in [0.717, 1.165) is 5.56 Å². The Bertz CT molecular complexity index is 377. The SMILES string of the molecule is CCOP1(=O)OCc2ccccc2O1. The predicted octanol–water partition coefficient (Wildman–Crippen LogP) is 2.74. The molecule has 0 fully saturated rings. The average Bonchev–Trinajstić information content (AvgIpc) is 2.17. The van der Waals surface area contributed by atoms with Crippen molar-refractivity contribution >= 4 is 7.82 Å². The first kappa shape index (κ1) is 9.71. The summed E-state index contributed by atoms with van der Waals surface area (Å²) in [5.41, 5.74) is 0.888. The second kappa shape index (κ2) is 3.73. The molecule has 5 heteroatoms. The second-order valence-corrected chi connectivity index (χ2v) is 4.43. The highest BCUT2D eigenvalue weighted by Crippen LogP contribution is 2.54. The number of para-hydroxylation sites is 1. The smallest absolute Gasteiger partial charge is 0.404 e. The molecule has 2 rings (SSSR count). The minimum Gasteiger partial charge on any atom is -0.404 e. The van der Waals surface area contributed by atoms with Crippen molar-refractivity contribution in [3.8, 4) is 5.75 Å². The summed E-state index contributed by atoms with van der Waals surface area (Å²) in [4.78, 5) is 0. The van der Waals surface area contributed by atoms with E-state index in [4.69, 9.17) is 13.6 Å². The maximum absolute atomic E-state index is 11.7. The van der Waals surface area contributed by atoms with Gasteiger partial charge in [-0.1, -0.05) is 18.2 Å². The molecule has 0 aromatic heterocycles. The Morgan fingerprint density at radius 2 is 2.29 bits per heavy atom. The average molecular weight is 214 g/mol. The Morgan fingerprint density at radius 1 is 1.50 bits per heavy atom. The summed E-state index contributed by atoms with van der Waals surface area (Å²) < 4.78 is 26.9. The van der Waals surface area contributed by atoms with Gasteiger partial charge in [0.05, 0.1) is 13.2 Å². The van der Waals surface area contributed by atoms with Crippen LogP contribution in [-0.2, 0) is 20.2 Å². The van der Waals surface area contributed by atoms with E-state index in [2.05, 4.69) is 0 Å². The van der Waals surface area contributed by atoms with Gasteiger partial charge in [-0.3, -0.25) is 9.05 Å². The number of phosphoric acid groups is 1. The molecule has 1 aliphatic rings. The summed E-state index contributed by atoms with van der Waals surface area (Å²) in [5, 5.41) is 0. The lowest BCUT2D eigenvalue weighted by molar-refractivity contribution is 0.139. The van der Waals surface area contributed by atoms with Gasteiger partial charge in [0, 0.05) is 5.56 Å². The standard InChI is InChI=1S/C9H11O4P/c1-2-11-14(10)12-7-8-5-3-4-6-9(8)13-14/h3-6H,2,7H2,1H3. The summed E-state index contributed by atoms with van der Waals surface area (Å²) in [7, 11) is -3.35. The van der Waals surface area contributed by atoms with Gasteiger partial charge in [-0.05, 0) is 13.0 Å². The van der Waals surface area contributed by atoms with Crippen LogP contribution in [0.5, 0.6) is 5.75 Å². The van der Waals surface area contributed by atoms with Crippen molar-refractivity contribution in [2.24, 2.45) is 0 Å². The topological polar surface area (TPSA) is 44.8 Å². The normalized spacial score (nSPS) is 25.2. The van der Waals surface area contributed by atoms with Gasteiger partial charge in [-0.2, -0.15) is 0 Å². The van der Waals surface area contributed by atoms with Crippen LogP contribution < -0.4 is 4.52 Å². The van der Waals surface area contributed by atoms with E-state index in [-0.39, 0.29) is 6.61 Å². The van der Waals surface area contributed by atoms with Gasteiger partial charge < -0.3 is 4.52 Å². The number of benzene rings is 1. The van der Waals surface area contributed by atoms with Crippen LogP contribution in [0.2, 0.25) is 0 Å². The number of fused-ring (bicyclic) bond motifs is 1. The van der Waals surface area contributed by atoms with E-state index in [1.165, 1.54) is 0 Å². The Hall–Kier alpha value is -0.830. The number of phosphoric ester groups is 1. The fourth-order valence-corrected chi connectivity index (χ4v) is 2.44. The molecular formula is C9H11O4P. The quantitative estimate of drug-likeness (QED) is 0.710. The van der Waals surface area contributed by atoms with E-state index in [1.807, 2.05) is 18.2 Å². The molecule has 0 spiro atoms. The molecule has 4 nitrogen and oxygen atoms in total. The van der Waals surface area contributed by atoms with Gasteiger partial charge in [-0.15, -0.1) is 0 Å². The molecule has 0 aliphatic carbocycles. The molecule has 0 bridgehead atoms. The third-order valence-electron chi connectivity index (χ3n) is 1.85. The van der Waals surface area contributed by atoms with E-state index in [9.17, 15) is 4.57 Å². The number of hydrogen-bond donors (Lipinski definition) is 0. The first-order chi connectivity index (χ1) is 6.73. The van der Waals surface area contributed by atoms with Crippen molar-refractivity contribution in [1.29, 1.82) is 0 Å². The Morgan fingerprint density at radius 3 is 3.07 bits per heavy atom. The van der Waals surface area contributed by atoms with Crippen LogP contribution in [0.3, 0.4) is 0 Å². The number of rotatable bonds is 2. The lowest BCUT2D eigenvalue weighted by Gasteiger charge is -2.23. The summed E-state index contributed by atoms with van der Waals surface area (Å²) in [6.45, 7) is 2.32. The zero-order chi connectivity index (χ0) is 10.0. The van der Waals surface area contributed by atoms with Crippen molar-refractivity contribution in [1.82, 2.24) is 0 Å². The molecule has 0 radical (unpaired) electrons. The van der Waals surface area contributed by atoms with Gasteiger partial charge in [0.1, 0.15) is 5.75 Å². The van der Waals surface area contributed by atoms with Crippen molar-refractivity contribution in [3.63, 3.8) is 0 Å². The van der Waals surface area contributed by atoms with E-state index in [0.29, 0.717) is 12.4 Å². The number of hydrogen-bond acceptors (Lipinski definition) is 4. The van der Waals surface area contributed by atoms with E-state index in [1.54, 1.807) is 13.0 Å². The molecule has 0 saturated heterocycles. The van der Waals surface area contributed by atoms with Crippen LogP contribution in [0.15, 0.2) is 24.3 Å². The molecule has 1 unspecified atom stereocenters. The van der Waals surface area contributed by atoms with Crippen LogP contribution in [0.25, 0.3) is 0 Å². The van der Waals surface area contributed by atoms with Crippen LogP contribution in [0.4, 0.5) is 0 Å². The monoisotopic (exact) mass is 214 g/mol. The third kappa shape index (κ3) is 1.82. The minimum absolute atomic E-state index is 0.271. The molecule has 0 amide bonds. The molecule has 1 atom stereocenters. The molecule has 0 saturated carbocycles. The summed E-state index contributed by atoms with van der Waals surface area (Å²) in [6.07, 6.45) is 0. The van der Waals surface area contributed by atoms with Gasteiger partial charge >= 0.3 is 7.82 Å². The highest BCUT2D eigenvalue weighted by molar-refractivity contribution is 7.49. The lowest BCUT2D eigenvalue weighted by Crippen LogP contribution is -2.09. The fraction of sp³-hybridized carbons (Fsp3) is 0.333. The molecular weight excluding hydrogens is 203 g/mol. The first-order valence-electron chi connectivity index (χ1n) is 4.40. The lowest BCUT2D eigenvalue weighted by atomic mass is 10.2. The van der Waals surface area contributed by atoms with Gasteiger partial charge in [0.25, 0.3) is 0 Å². The molecule has 1 heterocycles. The van der Waals surface area contributed by atoms with Crippen molar-refractivity contribution in [2.45, 2.75) is 13.5 Å². The van der Waals surface area contributed by atoms with Crippen LogP contribution >= 0.6 is 7.82 Å². The maximum atomic E-state index is 11.7. The van der Waals surface area contributed by atoms with Crippen molar-refractivity contribution < 1.29 is 18.1 Å². The highest BCUT2D eigenvalue weighted by atomic mass is 31.2. The Kier molecular flexibility index (Phi) is 2.59. The third-order valence-corrected chi connectivity index (χ3v) is 3.29. The van der Waals surface area contributed by atoms with Crippen molar-refractivity contribution in [3.05, 3.63) is 29.8 Å². The highest BCUT2D eigenvalue weighted by Gasteiger charge is 2.33. The first-order valence-corrected chi connectivity index (χ1v) is 5.86. The Labute approximate surface area is 82.4 Å². The maximum Gasteiger partial charge on any atom is 0.530 e. The van der Waals surface area contributed by atoms with Gasteiger partial charge in [0.2, 0.25) is 0 Å². The summed E-state index contributed by atoms with van der Waals surface area (Å²) >= 11 is 0. The molecule has 0 N–H and O–H groups in total. The molecule has 1 aromatic carbocycles. The zero-order valence-corrected chi connectivity index (χ0v) is 8.70. The minimum atomic E-state index is -3.35. The van der Waals surface area contributed by atoms with Crippen LogP contribution in [-0.4, -0.2) is 6.61 Å². The van der Waals surface area contributed by atoms with Crippen LogP contribution in [0.1, 0.15) is 12.5 Å². The molecule has 76 valence electrons. The predicted molar refractivity (Wildman–Crippen MR) is 51.1 cm³/mol. The van der Waals surface area contributed by atoms with E-state index < -0.39 is 7.82 Å². The molecule has 1 aromatic rings. The summed E-state index contributed by atoms with van der Waals surface area (Å²) in [5.74, 6) is 0.579. The van der Waals surface area contributed by atoms with Crippen LogP contribution in [0, 0.1) is 0 Å². The summed E-state index contributed by atoms with van der Waals surface area (Å²) in [6, 6.07) is 7.32. The van der Waals surface area contributed by atoms with Gasteiger partial charge in [0.15, 0.2) is 0 Å². The second-order valence-electron chi connectivity index (χ2n) is 2.84. The zero-order valence-electron chi connectivity index (χ0n) is 7.80. The largest absolute Gasteiger partial charge is 0.530 e. The van der Waals surface area contributed by atoms with E-state index >= 15 is 0 Å². The Balaban J connectivity index is 2.25. The molecule has 14 heavy (non-hydrogen) atoms.